The highest BCUT2D eigenvalue weighted by atomic mass is 16.5. The van der Waals surface area contributed by atoms with Crippen molar-refractivity contribution < 1.29 is 4.74 Å². The predicted octanol–water partition coefficient (Wildman–Crippen LogP) is 4.11. The Labute approximate surface area is 210 Å². The molecule has 5 heteroatoms. The fourth-order valence-electron chi connectivity index (χ4n) is 5.85. The van der Waals surface area contributed by atoms with Gasteiger partial charge in [-0.2, -0.15) is 0 Å². The summed E-state index contributed by atoms with van der Waals surface area (Å²) in [7, 11) is 1.81. The van der Waals surface area contributed by atoms with Gasteiger partial charge in [0.1, 0.15) is 0 Å². The van der Waals surface area contributed by atoms with Gasteiger partial charge in [0.05, 0.1) is 6.61 Å². The van der Waals surface area contributed by atoms with Gasteiger partial charge in [-0.05, 0) is 54.7 Å². The molecule has 0 amide bonds. The van der Waals surface area contributed by atoms with E-state index in [2.05, 4.69) is 94.6 Å². The number of fused-ring (bicyclic) bond motifs is 1. The van der Waals surface area contributed by atoms with Crippen molar-refractivity contribution >= 4 is 5.69 Å². The van der Waals surface area contributed by atoms with Crippen molar-refractivity contribution in [3.05, 3.63) is 95.3 Å². The number of ether oxygens (including phenoxy) is 1. The van der Waals surface area contributed by atoms with Gasteiger partial charge >= 0.3 is 0 Å². The summed E-state index contributed by atoms with van der Waals surface area (Å²) in [5.41, 5.74) is 6.71. The second-order valence-electron chi connectivity index (χ2n) is 10.4. The van der Waals surface area contributed by atoms with Gasteiger partial charge in [-0.3, -0.25) is 9.88 Å². The van der Waals surface area contributed by atoms with Crippen LogP contribution in [0, 0.1) is 0 Å². The lowest BCUT2D eigenvalue weighted by Crippen LogP contribution is -2.58. The molecule has 3 aromatic rings. The quantitative estimate of drug-likeness (QED) is 0.537. The Balaban J connectivity index is 1.42. The maximum absolute atomic E-state index is 5.54. The van der Waals surface area contributed by atoms with Crippen LogP contribution in [-0.2, 0) is 16.6 Å². The van der Waals surface area contributed by atoms with E-state index in [0.29, 0.717) is 12.1 Å². The van der Waals surface area contributed by atoms with Gasteiger partial charge in [-0.1, -0.05) is 48.5 Å². The minimum atomic E-state index is -0.0719. The van der Waals surface area contributed by atoms with Gasteiger partial charge in [0.2, 0.25) is 0 Å². The van der Waals surface area contributed by atoms with Gasteiger partial charge < -0.3 is 15.0 Å². The molecule has 1 fully saturated rings. The zero-order valence-electron chi connectivity index (χ0n) is 21.3. The molecule has 0 bridgehead atoms. The SMILES string of the molecule is COC[C@H]1CN[C@H](C)CN1CCN1CC(C)(c2cccnc2)c2ccc(Cc3ccccc3)cc21. The molecule has 0 radical (unpaired) electrons. The lowest BCUT2D eigenvalue weighted by atomic mass is 9.78. The van der Waals surface area contributed by atoms with E-state index in [9.17, 15) is 0 Å². The fraction of sp³-hybridized carbons (Fsp3) is 0.433. The van der Waals surface area contributed by atoms with Crippen molar-refractivity contribution in [2.45, 2.75) is 37.8 Å². The molecule has 1 saturated heterocycles. The van der Waals surface area contributed by atoms with Crippen LogP contribution in [-0.4, -0.2) is 68.4 Å². The Morgan fingerprint density at radius 2 is 1.91 bits per heavy atom. The maximum Gasteiger partial charge on any atom is 0.0630 e. The molecule has 5 rings (SSSR count). The van der Waals surface area contributed by atoms with Crippen LogP contribution in [0.4, 0.5) is 5.69 Å². The fourth-order valence-corrected chi connectivity index (χ4v) is 5.85. The van der Waals surface area contributed by atoms with Gasteiger partial charge in [-0.25, -0.2) is 0 Å². The minimum absolute atomic E-state index is 0.0719. The molecule has 184 valence electrons. The molecule has 35 heavy (non-hydrogen) atoms. The van der Waals surface area contributed by atoms with Crippen molar-refractivity contribution in [1.82, 2.24) is 15.2 Å². The molecule has 2 aliphatic rings. The zero-order chi connectivity index (χ0) is 24.3. The standard InChI is InChI=1S/C30H38N4O/c1-23-20-33(27(19-32-23)21-35-3)14-15-34-22-30(2,26-10-7-13-31-18-26)28-12-11-25(17-29(28)34)16-24-8-5-4-6-9-24/h4-13,17-18,23,27,32H,14-16,19-22H2,1-3H3/t23-,27-,30?/m1/s1. The van der Waals surface area contributed by atoms with Gasteiger partial charge in [0.25, 0.3) is 0 Å². The molecule has 1 N–H and O–H groups in total. The molecule has 2 aliphatic heterocycles. The lowest BCUT2D eigenvalue weighted by Gasteiger charge is -2.40. The molecule has 3 atom stereocenters. The third-order valence-electron chi connectivity index (χ3n) is 7.80. The number of hydrogen-bond acceptors (Lipinski definition) is 5. The van der Waals surface area contributed by atoms with E-state index in [1.165, 1.54) is 27.9 Å². The van der Waals surface area contributed by atoms with Crippen LogP contribution in [0.25, 0.3) is 0 Å². The van der Waals surface area contributed by atoms with Crippen LogP contribution in [0.15, 0.2) is 73.1 Å². The molecular formula is C30H38N4O. The largest absolute Gasteiger partial charge is 0.383 e. The summed E-state index contributed by atoms with van der Waals surface area (Å²) in [6.07, 6.45) is 4.86. The van der Waals surface area contributed by atoms with E-state index < -0.39 is 0 Å². The Bertz CT molecular complexity index is 1110. The van der Waals surface area contributed by atoms with Gasteiger partial charge in [-0.15, -0.1) is 0 Å². The summed E-state index contributed by atoms with van der Waals surface area (Å²) in [4.78, 5) is 9.67. The highest BCUT2D eigenvalue weighted by Gasteiger charge is 2.40. The molecule has 3 heterocycles. The van der Waals surface area contributed by atoms with Gasteiger partial charge in [0.15, 0.2) is 0 Å². The van der Waals surface area contributed by atoms with Crippen molar-refractivity contribution in [1.29, 1.82) is 0 Å². The number of aromatic nitrogens is 1. The van der Waals surface area contributed by atoms with Crippen LogP contribution in [0.3, 0.4) is 0 Å². The monoisotopic (exact) mass is 470 g/mol. The van der Waals surface area contributed by atoms with E-state index in [1.54, 1.807) is 7.11 Å². The second kappa shape index (κ2) is 10.5. The Kier molecular flexibility index (Phi) is 7.19. The van der Waals surface area contributed by atoms with E-state index in [1.807, 2.05) is 12.4 Å². The number of nitrogens with one attached hydrogen (secondary N) is 1. The summed E-state index contributed by atoms with van der Waals surface area (Å²) >= 11 is 0. The molecule has 2 aromatic carbocycles. The molecule has 5 nitrogen and oxygen atoms in total. The molecule has 0 spiro atoms. The number of nitrogens with zero attached hydrogens (tertiary/aromatic N) is 3. The van der Waals surface area contributed by atoms with Crippen molar-refractivity contribution in [2.75, 3.05) is 51.3 Å². The topological polar surface area (TPSA) is 40.6 Å². The summed E-state index contributed by atoms with van der Waals surface area (Å²) < 4.78 is 5.54. The van der Waals surface area contributed by atoms with Crippen LogP contribution >= 0.6 is 0 Å². The summed E-state index contributed by atoms with van der Waals surface area (Å²) in [5.74, 6) is 0. The highest BCUT2D eigenvalue weighted by molar-refractivity contribution is 5.67. The van der Waals surface area contributed by atoms with E-state index in [4.69, 9.17) is 4.74 Å². The molecule has 0 aliphatic carbocycles. The minimum Gasteiger partial charge on any atom is -0.383 e. The Hall–Kier alpha value is -2.73. The Morgan fingerprint density at radius 1 is 1.06 bits per heavy atom. The van der Waals surface area contributed by atoms with Crippen molar-refractivity contribution in [3.63, 3.8) is 0 Å². The van der Waals surface area contributed by atoms with Crippen molar-refractivity contribution in [3.8, 4) is 0 Å². The number of piperazine rings is 1. The average molecular weight is 471 g/mol. The average Bonchev–Trinajstić information content (AvgIpc) is 3.17. The third-order valence-corrected chi connectivity index (χ3v) is 7.80. The first-order valence-electron chi connectivity index (χ1n) is 12.9. The number of hydrogen-bond donors (Lipinski definition) is 1. The number of anilines is 1. The van der Waals surface area contributed by atoms with Gasteiger partial charge in [0, 0.05) is 75.4 Å². The number of rotatable bonds is 8. The third kappa shape index (κ3) is 5.13. The van der Waals surface area contributed by atoms with E-state index in [0.717, 1.165) is 45.8 Å². The first-order chi connectivity index (χ1) is 17.1. The summed E-state index contributed by atoms with van der Waals surface area (Å²) in [6.45, 7) is 10.5. The molecule has 1 aromatic heterocycles. The van der Waals surface area contributed by atoms with Crippen LogP contribution in [0.1, 0.15) is 36.1 Å². The normalized spacial score (nSPS) is 24.5. The van der Waals surface area contributed by atoms with Crippen LogP contribution < -0.4 is 10.2 Å². The van der Waals surface area contributed by atoms with Crippen LogP contribution in [0.5, 0.6) is 0 Å². The number of methoxy groups -OCH3 is 1. The molecular weight excluding hydrogens is 432 g/mol. The molecule has 1 unspecified atom stereocenters. The molecule has 0 saturated carbocycles. The van der Waals surface area contributed by atoms with E-state index in [-0.39, 0.29) is 5.41 Å². The lowest BCUT2D eigenvalue weighted by molar-refractivity contribution is 0.0630. The predicted molar refractivity (Wildman–Crippen MR) is 143 cm³/mol. The van der Waals surface area contributed by atoms with E-state index >= 15 is 0 Å². The first kappa shape index (κ1) is 24.0. The second-order valence-corrected chi connectivity index (χ2v) is 10.4. The number of pyridine rings is 1. The first-order valence-corrected chi connectivity index (χ1v) is 12.9. The zero-order valence-corrected chi connectivity index (χ0v) is 21.3. The summed E-state index contributed by atoms with van der Waals surface area (Å²) in [6, 6.07) is 23.1. The number of benzene rings is 2. The summed E-state index contributed by atoms with van der Waals surface area (Å²) in [5, 5.41) is 3.61. The highest BCUT2D eigenvalue weighted by Crippen LogP contribution is 2.45. The Morgan fingerprint density at radius 3 is 2.69 bits per heavy atom. The maximum atomic E-state index is 5.54. The van der Waals surface area contributed by atoms with Crippen LogP contribution in [0.2, 0.25) is 0 Å². The van der Waals surface area contributed by atoms with Crippen molar-refractivity contribution in [2.24, 2.45) is 0 Å². The smallest absolute Gasteiger partial charge is 0.0630 e.